The third-order valence-electron chi connectivity index (χ3n) is 2.78. The highest BCUT2D eigenvalue weighted by Gasteiger charge is 2.18. The van der Waals surface area contributed by atoms with Crippen molar-refractivity contribution < 1.29 is 8.42 Å². The van der Waals surface area contributed by atoms with Gasteiger partial charge < -0.3 is 0 Å². The quantitative estimate of drug-likeness (QED) is 0.868. The fourth-order valence-corrected chi connectivity index (χ4v) is 3.18. The van der Waals surface area contributed by atoms with Gasteiger partial charge in [0.25, 0.3) is 0 Å². The van der Waals surface area contributed by atoms with Gasteiger partial charge in [-0.15, -0.1) is 0 Å². The molecule has 0 amide bonds. The molecule has 2 aromatic rings. The average molecular weight is 296 g/mol. The van der Waals surface area contributed by atoms with Crippen molar-refractivity contribution in [3.05, 3.63) is 65.2 Å². The van der Waals surface area contributed by atoms with E-state index in [1.165, 1.54) is 4.31 Å². The highest BCUT2D eigenvalue weighted by molar-refractivity contribution is 7.92. The van der Waals surface area contributed by atoms with Crippen molar-refractivity contribution in [2.45, 2.75) is 5.75 Å². The maximum Gasteiger partial charge on any atom is 0.239 e. The number of anilines is 1. The van der Waals surface area contributed by atoms with Crippen molar-refractivity contribution in [1.29, 1.82) is 0 Å². The van der Waals surface area contributed by atoms with Crippen molar-refractivity contribution >= 4 is 27.3 Å². The molecule has 0 heterocycles. The van der Waals surface area contributed by atoms with Gasteiger partial charge >= 0.3 is 0 Å². The topological polar surface area (TPSA) is 37.4 Å². The predicted octanol–water partition coefficient (Wildman–Crippen LogP) is 3.31. The van der Waals surface area contributed by atoms with E-state index in [1.807, 2.05) is 6.07 Å². The molecule has 0 saturated carbocycles. The van der Waals surface area contributed by atoms with E-state index in [-0.39, 0.29) is 5.75 Å². The zero-order valence-corrected chi connectivity index (χ0v) is 12.0. The van der Waals surface area contributed by atoms with Gasteiger partial charge in [-0.2, -0.15) is 0 Å². The second-order valence-electron chi connectivity index (χ2n) is 4.19. The zero-order chi connectivity index (χ0) is 13.9. The first-order valence-electron chi connectivity index (χ1n) is 5.75. The lowest BCUT2D eigenvalue weighted by molar-refractivity contribution is 0.593. The van der Waals surface area contributed by atoms with Crippen molar-refractivity contribution in [2.24, 2.45) is 0 Å². The third-order valence-corrected chi connectivity index (χ3v) is 4.75. The molecule has 0 radical (unpaired) electrons. The van der Waals surface area contributed by atoms with Gasteiger partial charge in [0.2, 0.25) is 10.0 Å². The van der Waals surface area contributed by atoms with Crippen LogP contribution in [-0.2, 0) is 15.8 Å². The van der Waals surface area contributed by atoms with E-state index in [0.717, 1.165) is 0 Å². The molecule has 19 heavy (non-hydrogen) atoms. The van der Waals surface area contributed by atoms with E-state index in [9.17, 15) is 8.42 Å². The van der Waals surface area contributed by atoms with Crippen LogP contribution in [0, 0.1) is 0 Å². The summed E-state index contributed by atoms with van der Waals surface area (Å²) in [5.74, 6) is -0.0705. The van der Waals surface area contributed by atoms with Crippen molar-refractivity contribution in [2.75, 3.05) is 11.4 Å². The van der Waals surface area contributed by atoms with E-state index in [0.29, 0.717) is 16.3 Å². The average Bonchev–Trinajstić information content (AvgIpc) is 2.38. The summed E-state index contributed by atoms with van der Waals surface area (Å²) in [6, 6.07) is 15.9. The molecule has 0 saturated heterocycles. The van der Waals surface area contributed by atoms with Gasteiger partial charge in [0.15, 0.2) is 0 Å². The molecule has 0 aliphatic carbocycles. The van der Waals surface area contributed by atoms with Gasteiger partial charge in [-0.25, -0.2) is 8.42 Å². The van der Waals surface area contributed by atoms with Crippen LogP contribution in [0.4, 0.5) is 5.69 Å². The van der Waals surface area contributed by atoms with Crippen LogP contribution in [0.3, 0.4) is 0 Å². The lowest BCUT2D eigenvalue weighted by Gasteiger charge is -2.19. The second kappa shape index (κ2) is 5.63. The lowest BCUT2D eigenvalue weighted by Crippen LogP contribution is -2.27. The number of nitrogens with zero attached hydrogens (tertiary/aromatic N) is 1. The molecule has 2 rings (SSSR count). The molecule has 0 fully saturated rings. The third kappa shape index (κ3) is 3.49. The molecule has 100 valence electrons. The van der Waals surface area contributed by atoms with Gasteiger partial charge in [-0.05, 0) is 29.8 Å². The summed E-state index contributed by atoms with van der Waals surface area (Å²) in [6.07, 6.45) is 0. The number of sulfonamides is 1. The maximum absolute atomic E-state index is 12.3. The van der Waals surface area contributed by atoms with Gasteiger partial charge in [-0.3, -0.25) is 4.31 Å². The Morgan fingerprint density at radius 1 is 1.05 bits per heavy atom. The highest BCUT2D eigenvalue weighted by atomic mass is 35.5. The summed E-state index contributed by atoms with van der Waals surface area (Å²) in [4.78, 5) is 0. The molecule has 0 aliphatic heterocycles. The fourth-order valence-electron chi connectivity index (χ4n) is 1.73. The minimum atomic E-state index is -3.41. The Morgan fingerprint density at radius 3 is 2.37 bits per heavy atom. The van der Waals surface area contributed by atoms with E-state index in [1.54, 1.807) is 55.6 Å². The molecule has 0 bridgehead atoms. The van der Waals surface area contributed by atoms with Crippen LogP contribution in [0.1, 0.15) is 5.56 Å². The molecule has 0 N–H and O–H groups in total. The summed E-state index contributed by atoms with van der Waals surface area (Å²) in [7, 11) is -1.86. The number of rotatable bonds is 4. The first-order chi connectivity index (χ1) is 8.99. The molecular weight excluding hydrogens is 282 g/mol. The number of benzene rings is 2. The largest absolute Gasteiger partial charge is 0.273 e. The van der Waals surface area contributed by atoms with E-state index >= 15 is 0 Å². The van der Waals surface area contributed by atoms with Crippen molar-refractivity contribution in [3.8, 4) is 0 Å². The Kier molecular flexibility index (Phi) is 4.12. The molecule has 3 nitrogen and oxygen atoms in total. The van der Waals surface area contributed by atoms with Gasteiger partial charge in [-0.1, -0.05) is 41.9 Å². The highest BCUT2D eigenvalue weighted by Crippen LogP contribution is 2.19. The molecule has 2 aromatic carbocycles. The van der Waals surface area contributed by atoms with Crippen LogP contribution in [0.15, 0.2) is 54.6 Å². The van der Waals surface area contributed by atoms with Crippen molar-refractivity contribution in [1.82, 2.24) is 0 Å². The molecule has 0 aliphatic rings. The van der Waals surface area contributed by atoms with E-state index in [2.05, 4.69) is 0 Å². The minimum Gasteiger partial charge on any atom is -0.273 e. The molecule has 5 heteroatoms. The molecule has 0 atom stereocenters. The first-order valence-corrected chi connectivity index (χ1v) is 7.74. The molecular formula is C14H14ClNO2S. The van der Waals surface area contributed by atoms with Gasteiger partial charge in [0.05, 0.1) is 11.4 Å². The first kappa shape index (κ1) is 13.9. The maximum atomic E-state index is 12.3. The summed E-state index contributed by atoms with van der Waals surface area (Å²) in [5.41, 5.74) is 1.32. The molecule has 0 spiro atoms. The van der Waals surface area contributed by atoms with E-state index < -0.39 is 10.0 Å². The predicted molar refractivity (Wildman–Crippen MR) is 78.9 cm³/mol. The molecule has 0 unspecified atom stereocenters. The summed E-state index contributed by atoms with van der Waals surface area (Å²) in [5, 5.41) is 0.537. The Labute approximate surface area is 118 Å². The Hall–Kier alpha value is -1.52. The molecule has 0 aromatic heterocycles. The summed E-state index contributed by atoms with van der Waals surface area (Å²) < 4.78 is 25.9. The number of hydrogen-bond acceptors (Lipinski definition) is 2. The Balaban J connectivity index is 2.24. The van der Waals surface area contributed by atoms with Crippen LogP contribution in [0.25, 0.3) is 0 Å². The second-order valence-corrected chi connectivity index (χ2v) is 6.63. The number of hydrogen-bond donors (Lipinski definition) is 0. The van der Waals surface area contributed by atoms with E-state index in [4.69, 9.17) is 11.6 Å². The monoisotopic (exact) mass is 295 g/mol. The van der Waals surface area contributed by atoms with Crippen LogP contribution in [0.5, 0.6) is 0 Å². The number of para-hydroxylation sites is 1. The number of halogens is 1. The lowest BCUT2D eigenvalue weighted by atomic mass is 10.2. The van der Waals surface area contributed by atoms with Gasteiger partial charge in [0.1, 0.15) is 0 Å². The van der Waals surface area contributed by atoms with Crippen LogP contribution >= 0.6 is 11.6 Å². The minimum absolute atomic E-state index is 0.0705. The summed E-state index contributed by atoms with van der Waals surface area (Å²) >= 11 is 5.86. The van der Waals surface area contributed by atoms with Crippen molar-refractivity contribution in [3.63, 3.8) is 0 Å². The zero-order valence-electron chi connectivity index (χ0n) is 10.5. The van der Waals surface area contributed by atoms with Crippen LogP contribution < -0.4 is 4.31 Å². The Bertz CT molecular complexity index is 656. The Morgan fingerprint density at radius 2 is 1.74 bits per heavy atom. The fraction of sp³-hybridized carbons (Fsp3) is 0.143. The normalized spacial score (nSPS) is 11.3. The SMILES string of the molecule is CN(c1ccccc1)S(=O)(=O)Cc1cccc(Cl)c1. The standard InChI is InChI=1S/C14H14ClNO2S/c1-16(14-8-3-2-4-9-14)19(17,18)11-12-6-5-7-13(15)10-12/h2-10H,11H2,1H3. The smallest absolute Gasteiger partial charge is 0.239 e. The van der Waals surface area contributed by atoms with Crippen LogP contribution in [0.2, 0.25) is 5.02 Å². The summed E-state index contributed by atoms with van der Waals surface area (Å²) in [6.45, 7) is 0. The van der Waals surface area contributed by atoms with Crippen LogP contribution in [-0.4, -0.2) is 15.5 Å². The van der Waals surface area contributed by atoms with Gasteiger partial charge in [0, 0.05) is 12.1 Å².